The third-order valence-corrected chi connectivity index (χ3v) is 6.15. The van der Waals surface area contributed by atoms with Crippen molar-refractivity contribution in [2.75, 3.05) is 20.8 Å². The lowest BCUT2D eigenvalue weighted by molar-refractivity contribution is -0.107. The number of ether oxygens (including phenoxy) is 2. The third-order valence-electron chi connectivity index (χ3n) is 5.11. The van der Waals surface area contributed by atoms with Crippen LogP contribution in [-0.4, -0.2) is 41.9 Å². The van der Waals surface area contributed by atoms with Gasteiger partial charge in [-0.25, -0.2) is 0 Å². The molecular weight excluding hydrogens is 448 g/mol. The number of methoxy groups -OCH3 is 2. The van der Waals surface area contributed by atoms with Crippen molar-refractivity contribution in [3.8, 4) is 5.75 Å². The number of carbonyl (C=O) groups is 1. The lowest BCUT2D eigenvalue weighted by Crippen LogP contribution is -2.08. The van der Waals surface area contributed by atoms with Gasteiger partial charge in [-0.05, 0) is 31.4 Å². The van der Waals surface area contributed by atoms with Crippen LogP contribution < -0.4 is 10.5 Å². The minimum atomic E-state index is 0.532. The number of unbranched alkanes of at least 4 members (excludes halogenated alkanes) is 1. The Morgan fingerprint density at radius 1 is 1.09 bits per heavy atom. The van der Waals surface area contributed by atoms with Gasteiger partial charge in [-0.2, -0.15) is 0 Å². The molecule has 1 heterocycles. The maximum Gasteiger partial charge on any atom is 0.191 e. The van der Waals surface area contributed by atoms with E-state index in [0.717, 1.165) is 60.1 Å². The number of hydrogen-bond donors (Lipinski definition) is 1. The summed E-state index contributed by atoms with van der Waals surface area (Å²) in [7, 11) is 3.36. The molecule has 0 amide bonds. The Balaban J connectivity index is 0.000000340. The largest absolute Gasteiger partial charge is 0.496 e. The highest BCUT2D eigenvalue weighted by Gasteiger charge is 2.12. The first-order valence-electron chi connectivity index (χ1n) is 11.5. The standard InChI is InChI=1S/C18H25N3O2S.C8H11NO/c1-15-7-5-8-16(13-15)14-24-18-20-19-17(9-3-4-11-22)21(18)10-6-12-23-2;1-10-8-5-3-2-4-7(8)6-9/h5,7-8,11,13H,3-4,6,9-10,12,14H2,1-2H3;2-5H,6,9H2,1H3. The molecule has 2 N–H and O–H groups in total. The summed E-state index contributed by atoms with van der Waals surface area (Å²) >= 11 is 1.71. The zero-order chi connectivity index (χ0) is 24.6. The Morgan fingerprint density at radius 2 is 1.91 bits per heavy atom. The van der Waals surface area contributed by atoms with E-state index >= 15 is 0 Å². The maximum absolute atomic E-state index is 10.5. The summed E-state index contributed by atoms with van der Waals surface area (Å²) in [4.78, 5) is 10.5. The van der Waals surface area contributed by atoms with Gasteiger partial charge in [-0.1, -0.05) is 59.8 Å². The number of benzene rings is 2. The number of rotatable bonds is 13. The Hall–Kier alpha value is -2.68. The molecule has 1 aromatic heterocycles. The summed E-state index contributed by atoms with van der Waals surface area (Å²) in [6, 6.07) is 16.3. The molecule has 0 bridgehead atoms. The molecule has 8 heteroatoms. The van der Waals surface area contributed by atoms with Gasteiger partial charge in [-0.15, -0.1) is 10.2 Å². The molecule has 0 saturated heterocycles. The Labute approximate surface area is 207 Å². The molecule has 0 aliphatic rings. The quantitative estimate of drug-likeness (QED) is 0.215. The zero-order valence-corrected chi connectivity index (χ0v) is 21.2. The lowest BCUT2D eigenvalue weighted by Gasteiger charge is -2.10. The van der Waals surface area contributed by atoms with Crippen LogP contribution in [0.25, 0.3) is 0 Å². The van der Waals surface area contributed by atoms with E-state index in [1.165, 1.54) is 11.1 Å². The lowest BCUT2D eigenvalue weighted by atomic mass is 10.2. The smallest absolute Gasteiger partial charge is 0.191 e. The second kappa shape index (κ2) is 16.0. The van der Waals surface area contributed by atoms with Crippen LogP contribution in [0.5, 0.6) is 5.75 Å². The zero-order valence-electron chi connectivity index (χ0n) is 20.4. The molecular formula is C26H36N4O3S. The molecule has 3 rings (SSSR count). The van der Waals surface area contributed by atoms with Gasteiger partial charge >= 0.3 is 0 Å². The number of aromatic nitrogens is 3. The molecule has 0 aliphatic heterocycles. The molecule has 0 spiro atoms. The SMILES string of the molecule is COCCCn1c(CCCC=O)nnc1SCc1cccc(C)c1.COc1ccccc1CN. The predicted octanol–water partition coefficient (Wildman–Crippen LogP) is 4.59. The first-order chi connectivity index (χ1) is 16.6. The van der Waals surface area contributed by atoms with Crippen LogP contribution in [0.4, 0.5) is 0 Å². The summed E-state index contributed by atoms with van der Waals surface area (Å²) in [5.41, 5.74) is 9.05. The van der Waals surface area contributed by atoms with Crippen molar-refractivity contribution in [3.05, 3.63) is 71.0 Å². The molecule has 7 nitrogen and oxygen atoms in total. The molecule has 0 aliphatic carbocycles. The van der Waals surface area contributed by atoms with E-state index in [9.17, 15) is 4.79 Å². The number of hydrogen-bond acceptors (Lipinski definition) is 7. The minimum absolute atomic E-state index is 0.532. The first kappa shape index (κ1) is 27.6. The topological polar surface area (TPSA) is 92.3 Å². The summed E-state index contributed by atoms with van der Waals surface area (Å²) in [6.45, 7) is 4.19. The fourth-order valence-electron chi connectivity index (χ4n) is 3.37. The van der Waals surface area contributed by atoms with Crippen molar-refractivity contribution < 1.29 is 14.3 Å². The number of para-hydroxylation sites is 1. The van der Waals surface area contributed by atoms with Gasteiger partial charge in [0.15, 0.2) is 5.16 Å². The predicted molar refractivity (Wildman–Crippen MR) is 137 cm³/mol. The summed E-state index contributed by atoms with van der Waals surface area (Å²) in [5, 5.41) is 9.63. The van der Waals surface area contributed by atoms with Gasteiger partial charge in [-0.3, -0.25) is 0 Å². The average molecular weight is 485 g/mol. The molecule has 3 aromatic rings. The van der Waals surface area contributed by atoms with E-state index in [1.54, 1.807) is 26.0 Å². The number of carbonyl (C=O) groups excluding carboxylic acids is 1. The van der Waals surface area contributed by atoms with Gasteiger partial charge in [0.25, 0.3) is 0 Å². The van der Waals surface area contributed by atoms with Gasteiger partial charge in [0.1, 0.15) is 17.9 Å². The Kier molecular flexibility index (Phi) is 13.0. The second-order valence-electron chi connectivity index (χ2n) is 7.75. The van der Waals surface area contributed by atoms with Crippen molar-refractivity contribution >= 4 is 18.0 Å². The van der Waals surface area contributed by atoms with Crippen LogP contribution in [0.3, 0.4) is 0 Å². The normalized spacial score (nSPS) is 10.5. The molecule has 184 valence electrons. The fraction of sp³-hybridized carbons (Fsp3) is 0.423. The van der Waals surface area contributed by atoms with Crippen LogP contribution in [0, 0.1) is 6.92 Å². The van der Waals surface area contributed by atoms with Crippen LogP contribution in [0.1, 0.15) is 41.8 Å². The van der Waals surface area contributed by atoms with Crippen molar-refractivity contribution in [1.82, 2.24) is 14.8 Å². The monoisotopic (exact) mass is 484 g/mol. The first-order valence-corrected chi connectivity index (χ1v) is 12.5. The molecule has 2 aromatic carbocycles. The van der Waals surface area contributed by atoms with Crippen molar-refractivity contribution in [2.45, 2.75) is 56.6 Å². The molecule has 0 atom stereocenters. The van der Waals surface area contributed by atoms with E-state index in [0.29, 0.717) is 19.6 Å². The number of thioether (sulfide) groups is 1. The van der Waals surface area contributed by atoms with E-state index in [4.69, 9.17) is 15.2 Å². The summed E-state index contributed by atoms with van der Waals surface area (Å²) in [6.07, 6.45) is 4.04. The number of nitrogens with zero attached hydrogens (tertiary/aromatic N) is 3. The number of aldehydes is 1. The van der Waals surface area contributed by atoms with Gasteiger partial charge in [0, 0.05) is 51.0 Å². The maximum atomic E-state index is 10.5. The Bertz CT molecular complexity index is 971. The summed E-state index contributed by atoms with van der Waals surface area (Å²) < 4.78 is 12.4. The minimum Gasteiger partial charge on any atom is -0.496 e. The average Bonchev–Trinajstić information content (AvgIpc) is 3.25. The molecule has 0 radical (unpaired) electrons. The van der Waals surface area contributed by atoms with Gasteiger partial charge in [0.05, 0.1) is 7.11 Å². The number of nitrogens with two attached hydrogens (primary N) is 1. The van der Waals surface area contributed by atoms with Crippen LogP contribution in [-0.2, 0) is 34.8 Å². The highest BCUT2D eigenvalue weighted by Crippen LogP contribution is 2.23. The van der Waals surface area contributed by atoms with Gasteiger partial charge in [0.2, 0.25) is 0 Å². The third kappa shape index (κ3) is 9.29. The van der Waals surface area contributed by atoms with E-state index in [-0.39, 0.29) is 0 Å². The van der Waals surface area contributed by atoms with Gasteiger partial charge < -0.3 is 24.6 Å². The molecule has 34 heavy (non-hydrogen) atoms. The fourth-order valence-corrected chi connectivity index (χ4v) is 4.29. The molecule has 0 saturated carbocycles. The van der Waals surface area contributed by atoms with E-state index in [1.807, 2.05) is 24.3 Å². The van der Waals surface area contributed by atoms with Crippen LogP contribution >= 0.6 is 11.8 Å². The van der Waals surface area contributed by atoms with Crippen molar-refractivity contribution in [2.24, 2.45) is 5.73 Å². The molecule has 0 unspecified atom stereocenters. The second-order valence-corrected chi connectivity index (χ2v) is 8.69. The van der Waals surface area contributed by atoms with E-state index < -0.39 is 0 Å². The van der Waals surface area contributed by atoms with Crippen molar-refractivity contribution in [1.29, 1.82) is 0 Å². The number of aryl methyl sites for hydroxylation is 2. The van der Waals surface area contributed by atoms with E-state index in [2.05, 4.69) is 46.0 Å². The molecule has 0 fully saturated rings. The Morgan fingerprint density at radius 3 is 2.59 bits per heavy atom. The van der Waals surface area contributed by atoms with Crippen molar-refractivity contribution in [3.63, 3.8) is 0 Å². The van der Waals surface area contributed by atoms with Crippen LogP contribution in [0.15, 0.2) is 53.7 Å². The van der Waals surface area contributed by atoms with Crippen LogP contribution in [0.2, 0.25) is 0 Å². The summed E-state index contributed by atoms with van der Waals surface area (Å²) in [5.74, 6) is 2.70. The highest BCUT2D eigenvalue weighted by molar-refractivity contribution is 7.98. The highest BCUT2D eigenvalue weighted by atomic mass is 32.2.